The van der Waals surface area contributed by atoms with Gasteiger partial charge in [0.15, 0.2) is 0 Å². The molecule has 0 aliphatic rings. The fourth-order valence-electron chi connectivity index (χ4n) is 2.75. The van der Waals surface area contributed by atoms with Crippen LogP contribution in [0.1, 0.15) is 24.8 Å². The van der Waals surface area contributed by atoms with E-state index in [9.17, 15) is 18.4 Å². The molecule has 29 heavy (non-hydrogen) atoms. The summed E-state index contributed by atoms with van der Waals surface area (Å²) in [6.45, 7) is 1.95. The largest absolute Gasteiger partial charge is 0.466 e. The van der Waals surface area contributed by atoms with Gasteiger partial charge in [-0.05, 0) is 25.1 Å². The standard InChI is InChI=1S/C20H17ClF2N2O3S/c1-2-28-19(27)7-6-18(26)25(14-5-3-4-12(21)8-14)11-17-24-16-10-13(22)9-15(23)20(16)29-17/h3-5,8-10H,2,6-7,11H2,1H3. The van der Waals surface area contributed by atoms with Crippen LogP contribution < -0.4 is 4.90 Å². The van der Waals surface area contributed by atoms with E-state index in [4.69, 9.17) is 16.3 Å². The van der Waals surface area contributed by atoms with Crippen LogP contribution in [-0.4, -0.2) is 23.5 Å². The second kappa shape index (κ2) is 9.28. The predicted octanol–water partition coefficient (Wildman–Crippen LogP) is 5.10. The normalized spacial score (nSPS) is 10.9. The Morgan fingerprint density at radius 3 is 2.72 bits per heavy atom. The minimum atomic E-state index is -0.718. The molecule has 1 aromatic heterocycles. The third kappa shape index (κ3) is 5.27. The number of anilines is 1. The van der Waals surface area contributed by atoms with Gasteiger partial charge in [0.25, 0.3) is 0 Å². The van der Waals surface area contributed by atoms with Crippen molar-refractivity contribution in [1.29, 1.82) is 0 Å². The molecule has 0 aliphatic carbocycles. The number of hydrogen-bond donors (Lipinski definition) is 0. The third-order valence-electron chi connectivity index (χ3n) is 4.02. The number of aromatic nitrogens is 1. The van der Waals surface area contributed by atoms with Gasteiger partial charge in [0, 0.05) is 29.3 Å². The van der Waals surface area contributed by atoms with Crippen LogP contribution in [0.3, 0.4) is 0 Å². The van der Waals surface area contributed by atoms with Gasteiger partial charge >= 0.3 is 5.97 Å². The Hall–Kier alpha value is -2.58. The molecular formula is C20H17ClF2N2O3S. The summed E-state index contributed by atoms with van der Waals surface area (Å²) in [6.07, 6.45) is -0.136. The minimum absolute atomic E-state index is 0.0302. The molecule has 9 heteroatoms. The van der Waals surface area contributed by atoms with Gasteiger partial charge in [0.05, 0.1) is 29.8 Å². The first-order chi connectivity index (χ1) is 13.9. The molecule has 1 heterocycles. The van der Waals surface area contributed by atoms with Gasteiger partial charge in [0.2, 0.25) is 5.91 Å². The Labute approximate surface area is 174 Å². The number of benzene rings is 2. The summed E-state index contributed by atoms with van der Waals surface area (Å²) in [5.41, 5.74) is 0.699. The SMILES string of the molecule is CCOC(=O)CCC(=O)N(Cc1nc2cc(F)cc(F)c2s1)c1cccc(Cl)c1. The lowest BCUT2D eigenvalue weighted by atomic mass is 10.2. The molecule has 3 aromatic rings. The number of esters is 1. The molecule has 0 aliphatic heterocycles. The van der Waals surface area contributed by atoms with Crippen LogP contribution in [0.2, 0.25) is 5.02 Å². The van der Waals surface area contributed by atoms with Crippen molar-refractivity contribution in [3.05, 3.63) is 58.1 Å². The van der Waals surface area contributed by atoms with Gasteiger partial charge < -0.3 is 9.64 Å². The van der Waals surface area contributed by atoms with Crippen LogP contribution in [0.25, 0.3) is 10.2 Å². The highest BCUT2D eigenvalue weighted by Gasteiger charge is 2.21. The van der Waals surface area contributed by atoms with E-state index in [0.29, 0.717) is 15.7 Å². The van der Waals surface area contributed by atoms with Crippen molar-refractivity contribution < 1.29 is 23.1 Å². The number of amides is 1. The molecule has 2 aromatic carbocycles. The number of rotatable bonds is 7. The van der Waals surface area contributed by atoms with E-state index >= 15 is 0 Å². The number of ether oxygens (including phenoxy) is 1. The summed E-state index contributed by atoms with van der Waals surface area (Å²) in [6, 6.07) is 8.60. The molecule has 0 bridgehead atoms. The van der Waals surface area contributed by atoms with Crippen molar-refractivity contribution in [2.24, 2.45) is 0 Å². The molecule has 0 unspecified atom stereocenters. The van der Waals surface area contributed by atoms with Gasteiger partial charge in [0.1, 0.15) is 16.6 Å². The summed E-state index contributed by atoms with van der Waals surface area (Å²) in [4.78, 5) is 30.1. The van der Waals surface area contributed by atoms with Gasteiger partial charge in [-0.3, -0.25) is 9.59 Å². The molecule has 0 radical (unpaired) electrons. The van der Waals surface area contributed by atoms with Gasteiger partial charge in [-0.15, -0.1) is 11.3 Å². The quantitative estimate of drug-likeness (QED) is 0.481. The van der Waals surface area contributed by atoms with Crippen molar-refractivity contribution in [3.63, 3.8) is 0 Å². The van der Waals surface area contributed by atoms with Crippen LogP contribution in [-0.2, 0) is 20.9 Å². The van der Waals surface area contributed by atoms with E-state index in [1.807, 2.05) is 0 Å². The number of halogens is 3. The number of carbonyl (C=O) groups is 2. The Morgan fingerprint density at radius 1 is 1.21 bits per heavy atom. The number of thiazole rings is 1. The molecule has 3 rings (SSSR count). The fourth-order valence-corrected chi connectivity index (χ4v) is 3.88. The first-order valence-corrected chi connectivity index (χ1v) is 10.0. The van der Waals surface area contributed by atoms with Crippen molar-refractivity contribution in [3.8, 4) is 0 Å². The van der Waals surface area contributed by atoms with E-state index in [0.717, 1.165) is 23.5 Å². The predicted molar refractivity (Wildman–Crippen MR) is 108 cm³/mol. The fraction of sp³-hybridized carbons (Fsp3) is 0.250. The smallest absolute Gasteiger partial charge is 0.306 e. The molecule has 5 nitrogen and oxygen atoms in total. The Morgan fingerprint density at radius 2 is 2.00 bits per heavy atom. The summed E-state index contributed by atoms with van der Waals surface area (Å²) >= 11 is 7.09. The minimum Gasteiger partial charge on any atom is -0.466 e. The molecule has 0 fully saturated rings. The third-order valence-corrected chi connectivity index (χ3v) is 5.32. The molecule has 0 atom stereocenters. The van der Waals surface area contributed by atoms with Crippen molar-refractivity contribution in [2.45, 2.75) is 26.3 Å². The monoisotopic (exact) mass is 438 g/mol. The molecule has 0 saturated heterocycles. The lowest BCUT2D eigenvalue weighted by molar-refractivity contribution is -0.144. The van der Waals surface area contributed by atoms with E-state index in [1.165, 1.54) is 4.90 Å². The molecule has 152 valence electrons. The maximum atomic E-state index is 14.0. The molecule has 0 N–H and O–H groups in total. The van der Waals surface area contributed by atoms with Crippen molar-refractivity contribution in [2.75, 3.05) is 11.5 Å². The Kier molecular flexibility index (Phi) is 6.76. The molecule has 1 amide bonds. The van der Waals surface area contributed by atoms with Crippen LogP contribution >= 0.6 is 22.9 Å². The maximum Gasteiger partial charge on any atom is 0.306 e. The summed E-state index contributed by atoms with van der Waals surface area (Å²) in [7, 11) is 0. The Balaban J connectivity index is 1.88. The van der Waals surface area contributed by atoms with E-state index in [-0.39, 0.29) is 42.1 Å². The molecule has 0 spiro atoms. The van der Waals surface area contributed by atoms with E-state index in [2.05, 4.69) is 4.98 Å². The number of hydrogen-bond acceptors (Lipinski definition) is 5. The zero-order chi connectivity index (χ0) is 21.0. The van der Waals surface area contributed by atoms with Crippen LogP contribution in [0.4, 0.5) is 14.5 Å². The number of carbonyl (C=O) groups excluding carboxylic acids is 2. The maximum absolute atomic E-state index is 14.0. The summed E-state index contributed by atoms with van der Waals surface area (Å²) < 4.78 is 32.5. The zero-order valence-corrected chi connectivity index (χ0v) is 17.0. The topological polar surface area (TPSA) is 59.5 Å². The molecular weight excluding hydrogens is 422 g/mol. The van der Waals surface area contributed by atoms with E-state index < -0.39 is 17.6 Å². The lowest BCUT2D eigenvalue weighted by Gasteiger charge is -2.22. The first-order valence-electron chi connectivity index (χ1n) is 8.83. The lowest BCUT2D eigenvalue weighted by Crippen LogP contribution is -2.30. The first kappa shape index (κ1) is 21.1. The van der Waals surface area contributed by atoms with Gasteiger partial charge in [-0.2, -0.15) is 0 Å². The van der Waals surface area contributed by atoms with Crippen molar-refractivity contribution in [1.82, 2.24) is 4.98 Å². The summed E-state index contributed by atoms with van der Waals surface area (Å²) in [5.74, 6) is -2.23. The zero-order valence-electron chi connectivity index (χ0n) is 15.5. The highest BCUT2D eigenvalue weighted by Crippen LogP contribution is 2.29. The second-order valence-corrected chi connectivity index (χ2v) is 7.63. The highest BCUT2D eigenvalue weighted by atomic mass is 35.5. The van der Waals surface area contributed by atoms with Crippen LogP contribution in [0.15, 0.2) is 36.4 Å². The van der Waals surface area contributed by atoms with Crippen LogP contribution in [0.5, 0.6) is 0 Å². The Bertz CT molecular complexity index is 1060. The average molecular weight is 439 g/mol. The molecule has 0 saturated carbocycles. The van der Waals surface area contributed by atoms with Crippen molar-refractivity contribution >= 4 is 50.7 Å². The van der Waals surface area contributed by atoms with E-state index in [1.54, 1.807) is 31.2 Å². The second-order valence-electron chi connectivity index (χ2n) is 6.11. The summed E-state index contributed by atoms with van der Waals surface area (Å²) in [5, 5.41) is 0.858. The highest BCUT2D eigenvalue weighted by molar-refractivity contribution is 7.18. The number of fused-ring (bicyclic) bond motifs is 1. The average Bonchev–Trinajstić information content (AvgIpc) is 3.07. The van der Waals surface area contributed by atoms with Crippen LogP contribution in [0, 0.1) is 11.6 Å². The van der Waals surface area contributed by atoms with Gasteiger partial charge in [-0.1, -0.05) is 17.7 Å². The number of nitrogens with zero attached hydrogens (tertiary/aromatic N) is 2. The van der Waals surface area contributed by atoms with Gasteiger partial charge in [-0.25, -0.2) is 13.8 Å².